The Morgan fingerprint density at radius 1 is 1.17 bits per heavy atom. The third kappa shape index (κ3) is 2.83. The second-order valence-electron chi connectivity index (χ2n) is 5.59. The summed E-state index contributed by atoms with van der Waals surface area (Å²) in [7, 11) is 2.02. The number of hydrogen-bond donors (Lipinski definition) is 0. The fourth-order valence-corrected chi connectivity index (χ4v) is 3.51. The van der Waals surface area contributed by atoms with Gasteiger partial charge in [0.15, 0.2) is 5.76 Å². The van der Waals surface area contributed by atoms with E-state index < -0.39 is 0 Å². The molecule has 0 aliphatic heterocycles. The van der Waals surface area contributed by atoms with E-state index in [0.717, 1.165) is 10.5 Å². The zero-order valence-corrected chi connectivity index (χ0v) is 14.2. The highest BCUT2D eigenvalue weighted by Gasteiger charge is 2.19. The van der Waals surface area contributed by atoms with Crippen LogP contribution in [0.3, 0.4) is 0 Å². The van der Waals surface area contributed by atoms with E-state index >= 15 is 0 Å². The number of rotatable bonds is 5. The quantitative estimate of drug-likeness (QED) is 0.544. The molecule has 0 bridgehead atoms. The summed E-state index contributed by atoms with van der Waals surface area (Å²) in [5, 5.41) is 9.20. The van der Waals surface area contributed by atoms with Crippen molar-refractivity contribution < 1.29 is 8.83 Å². The predicted molar refractivity (Wildman–Crippen MR) is 91.5 cm³/mol. The largest absolute Gasteiger partial charge is 0.459 e. The van der Waals surface area contributed by atoms with Gasteiger partial charge in [0.25, 0.3) is 5.89 Å². The van der Waals surface area contributed by atoms with E-state index in [0.29, 0.717) is 24.1 Å². The molecule has 0 aliphatic rings. The van der Waals surface area contributed by atoms with Gasteiger partial charge >= 0.3 is 0 Å². The minimum Gasteiger partial charge on any atom is -0.459 e. The summed E-state index contributed by atoms with van der Waals surface area (Å²) < 4.78 is 12.1. The van der Waals surface area contributed by atoms with Gasteiger partial charge in [-0.1, -0.05) is 12.1 Å². The second-order valence-corrected chi connectivity index (χ2v) is 6.65. The second kappa shape index (κ2) is 6.18. The highest BCUT2D eigenvalue weighted by molar-refractivity contribution is 7.18. The molecule has 3 heterocycles. The maximum absolute atomic E-state index is 5.67. The van der Waals surface area contributed by atoms with Gasteiger partial charge < -0.3 is 8.83 Å². The molecule has 24 heavy (non-hydrogen) atoms. The summed E-state index contributed by atoms with van der Waals surface area (Å²) in [4.78, 5) is 6.85. The molecule has 0 saturated carbocycles. The Hall–Kier alpha value is -2.51. The average Bonchev–Trinajstić information content (AvgIpc) is 3.32. The van der Waals surface area contributed by atoms with Gasteiger partial charge in [0.1, 0.15) is 5.01 Å². The fourth-order valence-electron chi connectivity index (χ4n) is 2.42. The number of fused-ring (bicyclic) bond motifs is 1. The van der Waals surface area contributed by atoms with Gasteiger partial charge in [-0.15, -0.1) is 21.5 Å². The summed E-state index contributed by atoms with van der Waals surface area (Å²) in [6.07, 6.45) is 1.58. The number of para-hydroxylation sites is 1. The van der Waals surface area contributed by atoms with Crippen molar-refractivity contribution in [1.29, 1.82) is 0 Å². The Morgan fingerprint density at radius 2 is 2.04 bits per heavy atom. The Balaban J connectivity index is 1.50. The summed E-state index contributed by atoms with van der Waals surface area (Å²) in [5.74, 6) is 1.53. The van der Waals surface area contributed by atoms with E-state index in [2.05, 4.69) is 28.1 Å². The molecule has 6 nitrogen and oxygen atoms in total. The van der Waals surface area contributed by atoms with Crippen LogP contribution in [0, 0.1) is 0 Å². The van der Waals surface area contributed by atoms with E-state index in [1.165, 1.54) is 4.70 Å². The minimum absolute atomic E-state index is 0.154. The molecule has 7 heteroatoms. The first-order valence-electron chi connectivity index (χ1n) is 7.62. The Bertz CT molecular complexity index is 911. The SMILES string of the molecule is CC(c1nc2ccccc2s1)N(C)Cc1nnc(-c2ccco2)o1. The van der Waals surface area contributed by atoms with Gasteiger partial charge in [0.2, 0.25) is 5.89 Å². The molecule has 0 saturated heterocycles. The fraction of sp³-hybridized carbons (Fsp3) is 0.235. The molecule has 122 valence electrons. The van der Waals surface area contributed by atoms with Crippen molar-refractivity contribution in [3.8, 4) is 11.7 Å². The first-order valence-corrected chi connectivity index (χ1v) is 8.44. The smallest absolute Gasteiger partial charge is 0.283 e. The molecule has 0 radical (unpaired) electrons. The molecule has 4 aromatic rings. The Labute approximate surface area is 142 Å². The molecular weight excluding hydrogens is 324 g/mol. The van der Waals surface area contributed by atoms with Crippen LogP contribution in [0.5, 0.6) is 0 Å². The summed E-state index contributed by atoms with van der Waals surface area (Å²) in [6.45, 7) is 2.67. The maximum Gasteiger partial charge on any atom is 0.283 e. The van der Waals surface area contributed by atoms with Crippen LogP contribution < -0.4 is 0 Å². The van der Waals surface area contributed by atoms with Crippen LogP contribution >= 0.6 is 11.3 Å². The number of aromatic nitrogens is 3. The van der Waals surface area contributed by atoms with Crippen molar-refractivity contribution in [3.63, 3.8) is 0 Å². The van der Waals surface area contributed by atoms with Gasteiger partial charge in [-0.05, 0) is 38.2 Å². The molecule has 0 N–H and O–H groups in total. The molecular formula is C17H16N4O2S. The number of thiazole rings is 1. The normalized spacial score (nSPS) is 13.0. The monoisotopic (exact) mass is 340 g/mol. The third-order valence-electron chi connectivity index (χ3n) is 3.91. The standard InChI is InChI=1S/C17H16N4O2S/c1-11(17-18-12-6-3-4-8-14(12)24-17)21(2)10-15-19-20-16(23-15)13-7-5-9-22-13/h3-9,11H,10H2,1-2H3. The summed E-state index contributed by atoms with van der Waals surface area (Å²) in [5.41, 5.74) is 1.04. The highest BCUT2D eigenvalue weighted by Crippen LogP contribution is 2.29. The lowest BCUT2D eigenvalue weighted by Crippen LogP contribution is -2.22. The number of furan rings is 1. The summed E-state index contributed by atoms with van der Waals surface area (Å²) in [6, 6.07) is 11.9. The number of hydrogen-bond acceptors (Lipinski definition) is 7. The van der Waals surface area contributed by atoms with Crippen LogP contribution in [0.4, 0.5) is 0 Å². The zero-order valence-electron chi connectivity index (χ0n) is 13.3. The van der Waals surface area contributed by atoms with Crippen LogP contribution in [0.15, 0.2) is 51.5 Å². The Morgan fingerprint density at radius 3 is 2.83 bits per heavy atom. The highest BCUT2D eigenvalue weighted by atomic mass is 32.1. The van der Waals surface area contributed by atoms with Crippen molar-refractivity contribution in [3.05, 3.63) is 53.6 Å². The molecule has 1 aromatic carbocycles. The first kappa shape index (κ1) is 15.0. The van der Waals surface area contributed by atoms with Crippen molar-refractivity contribution in [2.45, 2.75) is 19.5 Å². The van der Waals surface area contributed by atoms with E-state index in [4.69, 9.17) is 13.8 Å². The van der Waals surface area contributed by atoms with E-state index in [9.17, 15) is 0 Å². The minimum atomic E-state index is 0.154. The van der Waals surface area contributed by atoms with Gasteiger partial charge in [0.05, 0.1) is 29.1 Å². The van der Waals surface area contributed by atoms with Gasteiger partial charge in [-0.25, -0.2) is 4.98 Å². The Kier molecular flexibility index (Phi) is 3.87. The lowest BCUT2D eigenvalue weighted by molar-refractivity contribution is 0.228. The number of nitrogens with zero attached hydrogens (tertiary/aromatic N) is 4. The van der Waals surface area contributed by atoms with Crippen LogP contribution in [0.1, 0.15) is 23.9 Å². The maximum atomic E-state index is 5.67. The third-order valence-corrected chi connectivity index (χ3v) is 5.12. The molecule has 0 aliphatic carbocycles. The van der Waals surface area contributed by atoms with E-state index in [1.54, 1.807) is 29.7 Å². The van der Waals surface area contributed by atoms with Crippen molar-refractivity contribution in [1.82, 2.24) is 20.1 Å². The number of benzene rings is 1. The van der Waals surface area contributed by atoms with Crippen LogP contribution in [-0.2, 0) is 6.54 Å². The van der Waals surface area contributed by atoms with Crippen molar-refractivity contribution in [2.75, 3.05) is 7.05 Å². The van der Waals surface area contributed by atoms with Crippen LogP contribution in [0.25, 0.3) is 21.9 Å². The molecule has 1 atom stereocenters. The molecule has 1 unspecified atom stereocenters. The van der Waals surface area contributed by atoms with Crippen LogP contribution in [-0.4, -0.2) is 27.1 Å². The average molecular weight is 340 g/mol. The van der Waals surface area contributed by atoms with Crippen molar-refractivity contribution in [2.24, 2.45) is 0 Å². The van der Waals surface area contributed by atoms with Crippen molar-refractivity contribution >= 4 is 21.6 Å². The van der Waals surface area contributed by atoms with Gasteiger partial charge in [-0.3, -0.25) is 4.90 Å². The topological polar surface area (TPSA) is 68.2 Å². The molecule has 4 rings (SSSR count). The molecule has 0 spiro atoms. The molecule has 3 aromatic heterocycles. The lowest BCUT2D eigenvalue weighted by Gasteiger charge is -2.20. The predicted octanol–water partition coefficient (Wildman–Crippen LogP) is 4.13. The molecule has 0 amide bonds. The zero-order chi connectivity index (χ0) is 16.5. The van der Waals surface area contributed by atoms with Crippen LogP contribution in [0.2, 0.25) is 0 Å². The van der Waals surface area contributed by atoms with Gasteiger partial charge in [-0.2, -0.15) is 0 Å². The van der Waals surface area contributed by atoms with E-state index in [-0.39, 0.29) is 6.04 Å². The lowest BCUT2D eigenvalue weighted by atomic mass is 10.3. The molecule has 0 fully saturated rings. The van der Waals surface area contributed by atoms with E-state index in [1.807, 2.05) is 25.2 Å². The first-order chi connectivity index (χ1) is 11.7. The summed E-state index contributed by atoms with van der Waals surface area (Å²) >= 11 is 1.71. The van der Waals surface area contributed by atoms with Gasteiger partial charge in [0, 0.05) is 0 Å².